The van der Waals surface area contributed by atoms with Gasteiger partial charge in [-0.1, -0.05) is 6.92 Å². The topological polar surface area (TPSA) is 74.8 Å². The number of piperidine rings is 1. The fourth-order valence-corrected chi connectivity index (χ4v) is 5.15. The average molecular weight is 330 g/mol. The van der Waals surface area contributed by atoms with E-state index < -0.39 is 9.84 Å². The number of carbonyl (C=O) groups excluding carboxylic acids is 2. The third kappa shape index (κ3) is 4.21. The van der Waals surface area contributed by atoms with Crippen LogP contribution in [0.3, 0.4) is 0 Å². The highest BCUT2D eigenvalue weighted by molar-refractivity contribution is 7.91. The van der Waals surface area contributed by atoms with E-state index in [0.717, 1.165) is 25.9 Å². The van der Waals surface area contributed by atoms with Gasteiger partial charge in [0.1, 0.15) is 6.42 Å². The van der Waals surface area contributed by atoms with Crippen LogP contribution in [-0.4, -0.2) is 67.2 Å². The van der Waals surface area contributed by atoms with Crippen molar-refractivity contribution in [1.82, 2.24) is 9.80 Å². The molecule has 0 N–H and O–H groups in total. The van der Waals surface area contributed by atoms with E-state index in [9.17, 15) is 18.0 Å². The molecule has 2 aliphatic rings. The number of rotatable bonds is 4. The summed E-state index contributed by atoms with van der Waals surface area (Å²) < 4.78 is 23.2. The van der Waals surface area contributed by atoms with Crippen molar-refractivity contribution in [2.75, 3.05) is 31.1 Å². The Labute approximate surface area is 132 Å². The summed E-state index contributed by atoms with van der Waals surface area (Å²) in [5, 5.41) is 0. The number of hydrogen-bond acceptors (Lipinski definition) is 4. The van der Waals surface area contributed by atoms with Gasteiger partial charge in [-0.05, 0) is 32.1 Å². The van der Waals surface area contributed by atoms with Crippen molar-refractivity contribution in [3.63, 3.8) is 0 Å². The normalized spacial score (nSPS) is 27.6. The average Bonchev–Trinajstić information content (AvgIpc) is 2.79. The highest BCUT2D eigenvalue weighted by atomic mass is 32.2. The van der Waals surface area contributed by atoms with Gasteiger partial charge in [-0.2, -0.15) is 0 Å². The second-order valence-corrected chi connectivity index (χ2v) is 8.73. The maximum atomic E-state index is 12.4. The highest BCUT2D eigenvalue weighted by Gasteiger charge is 2.35. The van der Waals surface area contributed by atoms with Gasteiger partial charge in [-0.25, -0.2) is 8.42 Å². The lowest BCUT2D eigenvalue weighted by molar-refractivity contribution is -0.142. The number of nitrogens with zero attached hydrogens (tertiary/aromatic N) is 2. The molecule has 0 saturated carbocycles. The Morgan fingerprint density at radius 3 is 2.55 bits per heavy atom. The molecule has 2 saturated heterocycles. The molecular weight excluding hydrogens is 304 g/mol. The van der Waals surface area contributed by atoms with E-state index in [2.05, 4.69) is 6.92 Å². The van der Waals surface area contributed by atoms with Crippen molar-refractivity contribution < 1.29 is 18.0 Å². The van der Waals surface area contributed by atoms with Gasteiger partial charge in [-0.15, -0.1) is 0 Å². The van der Waals surface area contributed by atoms with Crippen molar-refractivity contribution >= 4 is 21.7 Å². The summed E-state index contributed by atoms with van der Waals surface area (Å²) >= 11 is 0. The Balaban J connectivity index is 1.93. The number of likely N-dealkylation sites (tertiary alicyclic amines) is 1. The molecule has 0 bridgehead atoms. The van der Waals surface area contributed by atoms with Crippen LogP contribution in [0.1, 0.15) is 39.5 Å². The molecule has 0 radical (unpaired) electrons. The molecule has 0 aromatic rings. The van der Waals surface area contributed by atoms with Crippen molar-refractivity contribution in [3.8, 4) is 0 Å². The van der Waals surface area contributed by atoms with E-state index in [0.29, 0.717) is 18.9 Å². The summed E-state index contributed by atoms with van der Waals surface area (Å²) in [5.41, 5.74) is 0. The molecule has 2 atom stereocenters. The van der Waals surface area contributed by atoms with Gasteiger partial charge in [0.05, 0.1) is 11.5 Å². The Morgan fingerprint density at radius 2 is 2.00 bits per heavy atom. The van der Waals surface area contributed by atoms with Crippen LogP contribution in [0.25, 0.3) is 0 Å². The standard InChI is InChI=1S/C15H26N2O4S/c1-3-17(13-6-8-22(20,21)11-13)15(19)9-14(18)16-7-4-5-12(2)10-16/h12-13H,3-11H2,1-2H3. The first-order chi connectivity index (χ1) is 10.3. The Hall–Kier alpha value is -1.11. The van der Waals surface area contributed by atoms with Gasteiger partial charge >= 0.3 is 0 Å². The van der Waals surface area contributed by atoms with Gasteiger partial charge < -0.3 is 9.80 Å². The summed E-state index contributed by atoms with van der Waals surface area (Å²) in [6, 6.07) is -0.268. The van der Waals surface area contributed by atoms with Crippen molar-refractivity contribution in [3.05, 3.63) is 0 Å². The van der Waals surface area contributed by atoms with E-state index >= 15 is 0 Å². The fraction of sp³-hybridized carbons (Fsp3) is 0.867. The monoisotopic (exact) mass is 330 g/mol. The lowest BCUT2D eigenvalue weighted by Crippen LogP contribution is -2.45. The van der Waals surface area contributed by atoms with Crippen LogP contribution < -0.4 is 0 Å². The summed E-state index contributed by atoms with van der Waals surface area (Å²) in [7, 11) is -3.03. The maximum Gasteiger partial charge on any atom is 0.232 e. The van der Waals surface area contributed by atoms with Crippen LogP contribution in [0.2, 0.25) is 0 Å². The minimum absolute atomic E-state index is 0.0293. The van der Waals surface area contributed by atoms with E-state index in [1.54, 1.807) is 9.80 Å². The fourth-order valence-electron chi connectivity index (χ4n) is 3.42. The lowest BCUT2D eigenvalue weighted by atomic mass is 10.00. The van der Waals surface area contributed by atoms with Crippen molar-refractivity contribution in [2.24, 2.45) is 5.92 Å². The van der Waals surface area contributed by atoms with Crippen LogP contribution in [0.15, 0.2) is 0 Å². The summed E-state index contributed by atoms with van der Waals surface area (Å²) in [4.78, 5) is 28.0. The predicted molar refractivity (Wildman–Crippen MR) is 84.0 cm³/mol. The number of carbonyl (C=O) groups is 2. The summed E-state index contributed by atoms with van der Waals surface area (Å²) in [6.07, 6.45) is 2.45. The molecule has 6 nitrogen and oxygen atoms in total. The molecule has 2 unspecified atom stereocenters. The molecule has 0 aliphatic carbocycles. The third-order valence-electron chi connectivity index (χ3n) is 4.62. The molecule has 126 valence electrons. The van der Waals surface area contributed by atoms with Gasteiger partial charge in [0.2, 0.25) is 11.8 Å². The first-order valence-corrected chi connectivity index (χ1v) is 9.92. The second kappa shape index (κ2) is 6.98. The molecule has 2 amide bonds. The minimum atomic E-state index is -3.03. The van der Waals surface area contributed by atoms with Gasteiger partial charge in [0.25, 0.3) is 0 Å². The largest absolute Gasteiger partial charge is 0.342 e. The van der Waals surface area contributed by atoms with Gasteiger partial charge in [-0.3, -0.25) is 9.59 Å². The second-order valence-electron chi connectivity index (χ2n) is 6.50. The molecule has 2 heterocycles. The van der Waals surface area contributed by atoms with Crippen LogP contribution in [0.4, 0.5) is 0 Å². The van der Waals surface area contributed by atoms with Crippen LogP contribution in [0, 0.1) is 5.92 Å². The molecule has 2 rings (SSSR count). The van der Waals surface area contributed by atoms with E-state index in [-0.39, 0.29) is 35.8 Å². The Morgan fingerprint density at radius 1 is 1.27 bits per heavy atom. The lowest BCUT2D eigenvalue weighted by Gasteiger charge is -2.32. The third-order valence-corrected chi connectivity index (χ3v) is 6.37. The van der Waals surface area contributed by atoms with E-state index in [1.807, 2.05) is 6.92 Å². The predicted octanol–water partition coefficient (Wildman–Crippen LogP) is 0.671. The van der Waals surface area contributed by atoms with Crippen LogP contribution in [-0.2, 0) is 19.4 Å². The first kappa shape index (κ1) is 17.2. The van der Waals surface area contributed by atoms with E-state index in [4.69, 9.17) is 0 Å². The molecular formula is C15H26N2O4S. The number of hydrogen-bond donors (Lipinski definition) is 0. The van der Waals surface area contributed by atoms with Crippen LogP contribution in [0.5, 0.6) is 0 Å². The molecule has 0 aromatic carbocycles. The summed E-state index contributed by atoms with van der Waals surface area (Å²) in [6.45, 7) is 5.83. The van der Waals surface area contributed by atoms with Crippen molar-refractivity contribution in [1.29, 1.82) is 0 Å². The zero-order valence-electron chi connectivity index (χ0n) is 13.5. The summed E-state index contributed by atoms with van der Waals surface area (Å²) in [5.74, 6) is 0.277. The molecule has 22 heavy (non-hydrogen) atoms. The first-order valence-electron chi connectivity index (χ1n) is 8.10. The van der Waals surface area contributed by atoms with E-state index in [1.165, 1.54) is 0 Å². The molecule has 7 heteroatoms. The molecule has 2 aliphatic heterocycles. The maximum absolute atomic E-state index is 12.4. The molecule has 0 aromatic heterocycles. The SMILES string of the molecule is CCN(C(=O)CC(=O)N1CCCC(C)C1)C1CCS(=O)(=O)C1. The quantitative estimate of drug-likeness (QED) is 0.710. The van der Waals surface area contributed by atoms with Gasteiger partial charge in [0, 0.05) is 25.7 Å². The zero-order valence-corrected chi connectivity index (χ0v) is 14.3. The Kier molecular flexibility index (Phi) is 5.47. The van der Waals surface area contributed by atoms with Crippen molar-refractivity contribution in [2.45, 2.75) is 45.6 Å². The molecule has 2 fully saturated rings. The smallest absolute Gasteiger partial charge is 0.232 e. The Bertz CT molecular complexity index is 532. The van der Waals surface area contributed by atoms with Gasteiger partial charge in [0.15, 0.2) is 9.84 Å². The molecule has 0 spiro atoms. The number of amides is 2. The number of sulfone groups is 1. The van der Waals surface area contributed by atoms with Crippen LogP contribution >= 0.6 is 0 Å². The minimum Gasteiger partial charge on any atom is -0.342 e. The zero-order chi connectivity index (χ0) is 16.3. The highest BCUT2D eigenvalue weighted by Crippen LogP contribution is 2.20.